The lowest BCUT2D eigenvalue weighted by molar-refractivity contribution is 0.495. The molecule has 44 heavy (non-hydrogen) atoms. The molecule has 0 amide bonds. The predicted octanol–water partition coefficient (Wildman–Crippen LogP) is 7.84. The van der Waals surface area contributed by atoms with Crippen LogP contribution in [0, 0.1) is 0 Å². The van der Waals surface area contributed by atoms with Crippen LogP contribution in [0.4, 0.5) is 11.4 Å². The molecule has 5 heteroatoms. The minimum Gasteiger partial charge on any atom is -0.361 e. The van der Waals surface area contributed by atoms with Gasteiger partial charge in [0.1, 0.15) is 0 Å². The molecule has 0 bridgehead atoms. The van der Waals surface area contributed by atoms with Crippen molar-refractivity contribution in [1.29, 1.82) is 0 Å². The van der Waals surface area contributed by atoms with E-state index in [9.17, 15) is 0 Å². The Kier molecular flexibility index (Phi) is 5.30. The van der Waals surface area contributed by atoms with Gasteiger partial charge in [-0.3, -0.25) is 0 Å². The second-order valence-electron chi connectivity index (χ2n) is 12.3. The molecular weight excluding hydrogens is 538 g/mol. The summed E-state index contributed by atoms with van der Waals surface area (Å²) in [6, 6.07) is 43.2. The Morgan fingerprint density at radius 2 is 1.18 bits per heavy atom. The SMILES string of the molecule is CN1C=CN(c2cccc(C3(c4ccccc4)c4cc(N5C=CN(C)C5)ccc4-n4c5ccccc5c5cccc3c54)c2)C1. The fraction of sp³-hybridized carbons (Fsp3) is 0.128. The van der Waals surface area contributed by atoms with Gasteiger partial charge in [-0.05, 0) is 58.7 Å². The van der Waals surface area contributed by atoms with Crippen LogP contribution < -0.4 is 9.80 Å². The maximum Gasteiger partial charge on any atom is 0.0938 e. The average molecular weight is 572 g/mol. The number of aromatic nitrogens is 1. The molecule has 6 aromatic rings. The number of fused-ring (bicyclic) bond motifs is 5. The Balaban J connectivity index is 1.43. The van der Waals surface area contributed by atoms with Gasteiger partial charge in [0.15, 0.2) is 0 Å². The zero-order valence-corrected chi connectivity index (χ0v) is 24.9. The lowest BCUT2D eigenvalue weighted by atomic mass is 9.63. The summed E-state index contributed by atoms with van der Waals surface area (Å²) in [7, 11) is 4.24. The molecule has 3 aliphatic rings. The molecule has 0 saturated carbocycles. The van der Waals surface area contributed by atoms with Gasteiger partial charge in [-0.25, -0.2) is 0 Å². The molecule has 0 saturated heterocycles. The maximum absolute atomic E-state index is 2.51. The smallest absolute Gasteiger partial charge is 0.0938 e. The van der Waals surface area contributed by atoms with Gasteiger partial charge in [0.2, 0.25) is 0 Å². The van der Waals surface area contributed by atoms with E-state index in [0.29, 0.717) is 0 Å². The van der Waals surface area contributed by atoms with Crippen LogP contribution in [0.2, 0.25) is 0 Å². The van der Waals surface area contributed by atoms with E-state index >= 15 is 0 Å². The number of anilines is 2. The zero-order chi connectivity index (χ0) is 29.4. The monoisotopic (exact) mass is 571 g/mol. The second-order valence-corrected chi connectivity index (χ2v) is 12.3. The first-order chi connectivity index (χ1) is 21.6. The summed E-state index contributed by atoms with van der Waals surface area (Å²) in [5.41, 5.74) is 10.7. The molecular formula is C39H33N5. The Morgan fingerprint density at radius 3 is 1.93 bits per heavy atom. The third kappa shape index (κ3) is 3.41. The molecule has 1 aromatic heterocycles. The second kappa shape index (κ2) is 9.29. The van der Waals surface area contributed by atoms with Crippen LogP contribution in [-0.2, 0) is 5.41 Å². The van der Waals surface area contributed by atoms with Crippen LogP contribution in [0.1, 0.15) is 22.3 Å². The number of para-hydroxylation sites is 2. The highest BCUT2D eigenvalue weighted by molar-refractivity contribution is 6.12. The van der Waals surface area contributed by atoms with Crippen molar-refractivity contribution in [2.75, 3.05) is 37.2 Å². The lowest BCUT2D eigenvalue weighted by Crippen LogP contribution is -2.36. The Labute approximate surface area is 257 Å². The number of benzene rings is 5. The van der Waals surface area contributed by atoms with Crippen molar-refractivity contribution in [3.05, 3.63) is 162 Å². The van der Waals surface area contributed by atoms with Crippen LogP contribution in [0.3, 0.4) is 0 Å². The van der Waals surface area contributed by atoms with Gasteiger partial charge in [-0.1, -0.05) is 78.9 Å². The number of hydrogen-bond acceptors (Lipinski definition) is 4. The largest absolute Gasteiger partial charge is 0.361 e. The quantitative estimate of drug-likeness (QED) is 0.214. The molecule has 0 N–H and O–H groups in total. The van der Waals surface area contributed by atoms with E-state index in [0.717, 1.165) is 13.3 Å². The number of rotatable bonds is 4. The fourth-order valence-electron chi connectivity index (χ4n) is 7.70. The van der Waals surface area contributed by atoms with Crippen molar-refractivity contribution in [2.24, 2.45) is 0 Å². The molecule has 214 valence electrons. The van der Waals surface area contributed by atoms with E-state index < -0.39 is 5.41 Å². The first-order valence-electron chi connectivity index (χ1n) is 15.3. The standard InChI is InChI=1S/C39H33N5/c1-40-20-22-42(26-40)30-13-8-12-29(24-30)39(28-10-4-3-5-11-28)34-16-9-15-33-32-14-6-7-17-36(32)44(38(33)34)37-19-18-31(25-35(37)39)43-23-21-41(2)27-43/h3-25H,26-27H2,1-2H3. The molecule has 1 unspecified atom stereocenters. The predicted molar refractivity (Wildman–Crippen MR) is 181 cm³/mol. The molecule has 4 heterocycles. The van der Waals surface area contributed by atoms with Crippen LogP contribution in [-0.4, -0.2) is 41.8 Å². The summed E-state index contributed by atoms with van der Waals surface area (Å²) in [6.07, 6.45) is 8.65. The highest BCUT2D eigenvalue weighted by Gasteiger charge is 2.45. The molecule has 0 radical (unpaired) electrons. The third-order valence-electron chi connectivity index (χ3n) is 9.63. The summed E-state index contributed by atoms with van der Waals surface area (Å²) < 4.78 is 2.51. The van der Waals surface area contributed by atoms with Crippen molar-refractivity contribution >= 4 is 33.2 Å². The Morgan fingerprint density at radius 1 is 0.523 bits per heavy atom. The van der Waals surface area contributed by atoms with E-state index in [4.69, 9.17) is 0 Å². The normalized spacial score (nSPS) is 18.7. The van der Waals surface area contributed by atoms with Gasteiger partial charge in [0.05, 0.1) is 35.5 Å². The average Bonchev–Trinajstić information content (AvgIpc) is 3.80. The maximum atomic E-state index is 2.51. The summed E-state index contributed by atoms with van der Waals surface area (Å²) in [6.45, 7) is 1.66. The van der Waals surface area contributed by atoms with E-state index in [-0.39, 0.29) is 0 Å². The van der Waals surface area contributed by atoms with E-state index in [1.54, 1.807) is 0 Å². The molecule has 9 rings (SSSR count). The van der Waals surface area contributed by atoms with Crippen LogP contribution in [0.5, 0.6) is 0 Å². The highest BCUT2D eigenvalue weighted by atomic mass is 15.3. The van der Waals surface area contributed by atoms with Crippen molar-refractivity contribution in [1.82, 2.24) is 14.4 Å². The van der Waals surface area contributed by atoms with Crippen LogP contribution in [0.15, 0.2) is 140 Å². The third-order valence-corrected chi connectivity index (χ3v) is 9.63. The minimum atomic E-state index is -0.544. The van der Waals surface area contributed by atoms with Crippen molar-refractivity contribution in [3.63, 3.8) is 0 Å². The summed E-state index contributed by atoms with van der Waals surface area (Å²) in [4.78, 5) is 9.08. The Bertz CT molecular complexity index is 2140. The van der Waals surface area contributed by atoms with Gasteiger partial charge in [0.25, 0.3) is 0 Å². The molecule has 5 aromatic carbocycles. The van der Waals surface area contributed by atoms with Crippen LogP contribution in [0.25, 0.3) is 27.5 Å². The number of nitrogens with zero attached hydrogens (tertiary/aromatic N) is 5. The summed E-state index contributed by atoms with van der Waals surface area (Å²) in [5.74, 6) is 0. The number of hydrogen-bond donors (Lipinski definition) is 0. The topological polar surface area (TPSA) is 17.9 Å². The fourth-order valence-corrected chi connectivity index (χ4v) is 7.70. The van der Waals surface area contributed by atoms with Gasteiger partial charge < -0.3 is 24.2 Å². The molecule has 0 spiro atoms. The van der Waals surface area contributed by atoms with E-state index in [1.807, 2.05) is 0 Å². The summed E-state index contributed by atoms with van der Waals surface area (Å²) in [5, 5.41) is 2.57. The zero-order valence-electron chi connectivity index (χ0n) is 24.9. The van der Waals surface area contributed by atoms with Crippen molar-refractivity contribution in [3.8, 4) is 5.69 Å². The van der Waals surface area contributed by atoms with Gasteiger partial charge in [-0.2, -0.15) is 0 Å². The summed E-state index contributed by atoms with van der Waals surface area (Å²) >= 11 is 0. The van der Waals surface area contributed by atoms with E-state index in [1.165, 1.54) is 61.1 Å². The van der Waals surface area contributed by atoms with Gasteiger partial charge in [0, 0.05) is 61.0 Å². The first kappa shape index (κ1) is 25.1. The minimum absolute atomic E-state index is 0.544. The Hall–Kier alpha value is -5.42. The van der Waals surface area contributed by atoms with Crippen molar-refractivity contribution in [2.45, 2.75) is 5.41 Å². The first-order valence-corrected chi connectivity index (χ1v) is 15.3. The van der Waals surface area contributed by atoms with Gasteiger partial charge >= 0.3 is 0 Å². The molecule has 0 aliphatic carbocycles. The molecule has 3 aliphatic heterocycles. The highest BCUT2D eigenvalue weighted by Crippen LogP contribution is 2.55. The van der Waals surface area contributed by atoms with Crippen LogP contribution >= 0.6 is 0 Å². The molecule has 0 fully saturated rings. The van der Waals surface area contributed by atoms with Crippen molar-refractivity contribution < 1.29 is 0 Å². The molecule has 5 nitrogen and oxygen atoms in total. The van der Waals surface area contributed by atoms with E-state index in [2.05, 4.69) is 178 Å². The molecule has 1 atom stereocenters. The lowest BCUT2D eigenvalue weighted by Gasteiger charge is -2.42. The van der Waals surface area contributed by atoms with Gasteiger partial charge in [-0.15, -0.1) is 0 Å².